The largest absolute Gasteiger partial charge is 0.481 e. The third-order valence-electron chi connectivity index (χ3n) is 2.88. The predicted molar refractivity (Wildman–Crippen MR) is 69.3 cm³/mol. The minimum atomic E-state index is -4.33. The Balaban J connectivity index is 2.31. The predicted octanol–water partition coefficient (Wildman–Crippen LogP) is 3.44. The molecule has 112 valence electrons. The molecule has 6 heteroatoms. The van der Waals surface area contributed by atoms with Gasteiger partial charge in [0.2, 0.25) is 0 Å². The van der Waals surface area contributed by atoms with Crippen molar-refractivity contribution in [2.75, 3.05) is 6.54 Å². The third-order valence-corrected chi connectivity index (χ3v) is 2.88. The molecule has 3 nitrogen and oxygen atoms in total. The summed E-state index contributed by atoms with van der Waals surface area (Å²) in [5.41, 5.74) is -0.385. The summed E-state index contributed by atoms with van der Waals surface area (Å²) < 4.78 is 38.1. The van der Waals surface area contributed by atoms with Crippen molar-refractivity contribution in [1.29, 1.82) is 0 Å². The van der Waals surface area contributed by atoms with Crippen molar-refractivity contribution in [2.45, 2.75) is 38.4 Å². The van der Waals surface area contributed by atoms with Gasteiger partial charge in [0, 0.05) is 13.0 Å². The maximum Gasteiger partial charge on any atom is 0.416 e. The Bertz CT molecular complexity index is 433. The maximum absolute atomic E-state index is 12.7. The van der Waals surface area contributed by atoms with E-state index >= 15 is 0 Å². The Kier molecular flexibility index (Phi) is 6.51. The fourth-order valence-electron chi connectivity index (χ4n) is 1.88. The van der Waals surface area contributed by atoms with Crippen LogP contribution in [0.25, 0.3) is 0 Å². The highest BCUT2D eigenvalue weighted by Gasteiger charge is 2.32. The number of unbranched alkanes of at least 4 members (excludes halogenated alkanes) is 2. The molecule has 0 aromatic heterocycles. The second-order valence-electron chi connectivity index (χ2n) is 4.54. The molecule has 20 heavy (non-hydrogen) atoms. The molecule has 0 bridgehead atoms. The van der Waals surface area contributed by atoms with Crippen molar-refractivity contribution < 1.29 is 23.1 Å². The SMILES string of the molecule is O=C(O)CCCCCNCc1ccccc1C(F)(F)F. The van der Waals surface area contributed by atoms with E-state index in [9.17, 15) is 18.0 Å². The Labute approximate surface area is 115 Å². The van der Waals surface area contributed by atoms with E-state index < -0.39 is 17.7 Å². The number of hydrogen-bond acceptors (Lipinski definition) is 2. The van der Waals surface area contributed by atoms with Crippen molar-refractivity contribution in [3.63, 3.8) is 0 Å². The lowest BCUT2D eigenvalue weighted by molar-refractivity contribution is -0.138. The summed E-state index contributed by atoms with van der Waals surface area (Å²) in [7, 11) is 0. The molecule has 0 radical (unpaired) electrons. The van der Waals surface area contributed by atoms with Gasteiger partial charge in [-0.1, -0.05) is 24.6 Å². The van der Waals surface area contributed by atoms with Gasteiger partial charge in [-0.2, -0.15) is 13.2 Å². The van der Waals surface area contributed by atoms with Gasteiger partial charge in [0.1, 0.15) is 0 Å². The standard InChI is InChI=1S/C14H18F3NO2/c15-14(16,17)12-7-4-3-6-11(12)10-18-9-5-1-2-8-13(19)20/h3-4,6-7,18H,1-2,5,8-10H2,(H,19,20). The lowest BCUT2D eigenvalue weighted by Gasteiger charge is -2.13. The molecule has 0 aliphatic rings. The molecule has 0 saturated heterocycles. The summed E-state index contributed by atoms with van der Waals surface area (Å²) in [6, 6.07) is 5.49. The zero-order valence-corrected chi connectivity index (χ0v) is 11.0. The maximum atomic E-state index is 12.7. The first-order chi connectivity index (χ1) is 9.41. The fraction of sp³-hybridized carbons (Fsp3) is 0.500. The molecule has 0 aliphatic heterocycles. The number of benzene rings is 1. The van der Waals surface area contributed by atoms with E-state index in [2.05, 4.69) is 5.32 Å². The van der Waals surface area contributed by atoms with Crippen LogP contribution in [0.3, 0.4) is 0 Å². The van der Waals surface area contributed by atoms with Crippen LogP contribution in [0.2, 0.25) is 0 Å². The van der Waals surface area contributed by atoms with Crippen molar-refractivity contribution in [3.05, 3.63) is 35.4 Å². The van der Waals surface area contributed by atoms with Gasteiger partial charge < -0.3 is 10.4 Å². The number of carboxylic acid groups (broad SMARTS) is 1. The molecule has 0 aliphatic carbocycles. The number of nitrogens with one attached hydrogen (secondary N) is 1. The number of carbonyl (C=O) groups is 1. The average Bonchev–Trinajstić information content (AvgIpc) is 2.36. The molecule has 0 atom stereocenters. The summed E-state index contributed by atoms with van der Waals surface area (Å²) in [6.45, 7) is 0.737. The van der Waals surface area contributed by atoms with E-state index in [0.717, 1.165) is 18.9 Å². The molecule has 0 unspecified atom stereocenters. The number of rotatable bonds is 8. The van der Waals surface area contributed by atoms with Gasteiger partial charge >= 0.3 is 12.1 Å². The van der Waals surface area contributed by atoms with Crippen LogP contribution in [0.15, 0.2) is 24.3 Å². The molecular formula is C14H18F3NO2. The van der Waals surface area contributed by atoms with Crippen LogP contribution in [0.1, 0.15) is 36.8 Å². The summed E-state index contributed by atoms with van der Waals surface area (Å²) in [5.74, 6) is -0.822. The molecule has 0 heterocycles. The molecule has 1 aromatic carbocycles. The number of aliphatic carboxylic acids is 1. The Morgan fingerprint density at radius 2 is 1.85 bits per heavy atom. The molecule has 1 aromatic rings. The van der Waals surface area contributed by atoms with Crippen LogP contribution in [0.4, 0.5) is 13.2 Å². The van der Waals surface area contributed by atoms with Crippen LogP contribution in [-0.4, -0.2) is 17.6 Å². The van der Waals surface area contributed by atoms with Gasteiger partial charge in [-0.05, 0) is 31.0 Å². The van der Waals surface area contributed by atoms with E-state index in [-0.39, 0.29) is 18.5 Å². The van der Waals surface area contributed by atoms with Crippen LogP contribution in [0.5, 0.6) is 0 Å². The van der Waals surface area contributed by atoms with Crippen molar-refractivity contribution in [2.24, 2.45) is 0 Å². The second-order valence-corrected chi connectivity index (χ2v) is 4.54. The average molecular weight is 289 g/mol. The van der Waals surface area contributed by atoms with E-state index in [0.29, 0.717) is 13.0 Å². The van der Waals surface area contributed by atoms with E-state index in [1.807, 2.05) is 0 Å². The van der Waals surface area contributed by atoms with Crippen molar-refractivity contribution in [3.8, 4) is 0 Å². The highest BCUT2D eigenvalue weighted by molar-refractivity contribution is 5.66. The minimum Gasteiger partial charge on any atom is -0.481 e. The summed E-state index contributed by atoms with van der Waals surface area (Å²) in [5, 5.41) is 11.4. The lowest BCUT2D eigenvalue weighted by Crippen LogP contribution is -2.18. The first-order valence-corrected chi connectivity index (χ1v) is 6.49. The molecular weight excluding hydrogens is 271 g/mol. The van der Waals surface area contributed by atoms with Crippen LogP contribution in [-0.2, 0) is 17.5 Å². The minimum absolute atomic E-state index is 0.136. The second kappa shape index (κ2) is 7.89. The molecule has 0 amide bonds. The zero-order valence-electron chi connectivity index (χ0n) is 11.0. The normalized spacial score (nSPS) is 11.6. The number of carboxylic acids is 1. The summed E-state index contributed by atoms with van der Waals surface area (Å²) >= 11 is 0. The van der Waals surface area contributed by atoms with Gasteiger partial charge in [0.05, 0.1) is 5.56 Å². The number of alkyl halides is 3. The van der Waals surface area contributed by atoms with Gasteiger partial charge in [-0.3, -0.25) is 4.79 Å². The van der Waals surface area contributed by atoms with Crippen LogP contribution >= 0.6 is 0 Å². The Morgan fingerprint density at radius 3 is 2.50 bits per heavy atom. The van der Waals surface area contributed by atoms with E-state index in [1.54, 1.807) is 6.07 Å². The van der Waals surface area contributed by atoms with Crippen molar-refractivity contribution in [1.82, 2.24) is 5.32 Å². The van der Waals surface area contributed by atoms with E-state index in [4.69, 9.17) is 5.11 Å². The van der Waals surface area contributed by atoms with Crippen LogP contribution < -0.4 is 5.32 Å². The summed E-state index contributed by atoms with van der Waals surface area (Å²) in [4.78, 5) is 10.3. The zero-order chi connectivity index (χ0) is 15.0. The van der Waals surface area contributed by atoms with Crippen LogP contribution in [0, 0.1) is 0 Å². The third kappa shape index (κ3) is 6.06. The van der Waals surface area contributed by atoms with E-state index in [1.165, 1.54) is 12.1 Å². The smallest absolute Gasteiger partial charge is 0.416 e. The first-order valence-electron chi connectivity index (χ1n) is 6.49. The molecule has 0 saturated carbocycles. The lowest BCUT2D eigenvalue weighted by atomic mass is 10.1. The quantitative estimate of drug-likeness (QED) is 0.721. The van der Waals surface area contributed by atoms with Gasteiger partial charge in [0.25, 0.3) is 0 Å². The molecule has 1 rings (SSSR count). The van der Waals surface area contributed by atoms with Crippen molar-refractivity contribution >= 4 is 5.97 Å². The van der Waals surface area contributed by atoms with Gasteiger partial charge in [0.15, 0.2) is 0 Å². The topological polar surface area (TPSA) is 49.3 Å². The molecule has 0 fully saturated rings. The molecule has 0 spiro atoms. The number of halogens is 3. The summed E-state index contributed by atoms with van der Waals surface area (Å²) in [6.07, 6.45) is -2.10. The first kappa shape index (κ1) is 16.5. The number of hydrogen-bond donors (Lipinski definition) is 2. The highest BCUT2D eigenvalue weighted by Crippen LogP contribution is 2.31. The Morgan fingerprint density at radius 1 is 1.15 bits per heavy atom. The van der Waals surface area contributed by atoms with Gasteiger partial charge in [-0.25, -0.2) is 0 Å². The fourth-order valence-corrected chi connectivity index (χ4v) is 1.88. The molecule has 2 N–H and O–H groups in total. The highest BCUT2D eigenvalue weighted by atomic mass is 19.4. The monoisotopic (exact) mass is 289 g/mol. The van der Waals surface area contributed by atoms with Gasteiger partial charge in [-0.15, -0.1) is 0 Å². The Hall–Kier alpha value is -1.56.